The van der Waals surface area contributed by atoms with Crippen molar-refractivity contribution in [1.29, 1.82) is 0 Å². The number of carbonyl (C=O) groups is 1. The lowest BCUT2D eigenvalue weighted by Crippen LogP contribution is -2.34. The van der Waals surface area contributed by atoms with Crippen molar-refractivity contribution < 1.29 is 9.53 Å². The van der Waals surface area contributed by atoms with Crippen LogP contribution >= 0.6 is 12.2 Å². The lowest BCUT2D eigenvalue weighted by atomic mass is 10.3. The summed E-state index contributed by atoms with van der Waals surface area (Å²) >= 11 is 5.13. The van der Waals surface area contributed by atoms with E-state index < -0.39 is 0 Å². The molecule has 7 heteroatoms. The molecule has 21 heavy (non-hydrogen) atoms. The summed E-state index contributed by atoms with van der Waals surface area (Å²) in [6, 6.07) is 7.32. The number of benzene rings is 1. The molecule has 1 amide bonds. The van der Waals surface area contributed by atoms with Gasteiger partial charge in [0.2, 0.25) is 0 Å². The minimum absolute atomic E-state index is 0.203. The third kappa shape index (κ3) is 3.79. The Bertz CT molecular complexity index is 654. The molecule has 2 aromatic rings. The van der Waals surface area contributed by atoms with Crippen molar-refractivity contribution in [2.45, 2.75) is 13.5 Å². The van der Waals surface area contributed by atoms with Gasteiger partial charge >= 0.3 is 0 Å². The number of ether oxygens (including phenoxy) is 1. The Balaban J connectivity index is 1.99. The molecule has 0 radical (unpaired) electrons. The van der Waals surface area contributed by atoms with Gasteiger partial charge in [0.1, 0.15) is 5.75 Å². The summed E-state index contributed by atoms with van der Waals surface area (Å²) < 4.78 is 6.88. The first-order valence-corrected chi connectivity index (χ1v) is 6.82. The molecule has 1 heterocycles. The summed E-state index contributed by atoms with van der Waals surface area (Å²) in [7, 11) is 1.57. The van der Waals surface area contributed by atoms with Gasteiger partial charge in [0.25, 0.3) is 5.91 Å². The van der Waals surface area contributed by atoms with E-state index in [1.807, 2.05) is 25.1 Å². The van der Waals surface area contributed by atoms with Crippen LogP contribution in [0.2, 0.25) is 0 Å². The van der Waals surface area contributed by atoms with Crippen LogP contribution in [0.5, 0.6) is 5.75 Å². The highest BCUT2D eigenvalue weighted by Gasteiger charge is 2.11. The number of rotatable bonds is 4. The zero-order chi connectivity index (χ0) is 15.2. The molecule has 1 aromatic carbocycles. The molecule has 2 rings (SSSR count). The summed E-state index contributed by atoms with van der Waals surface area (Å²) in [5, 5.41) is 9.79. The van der Waals surface area contributed by atoms with Crippen LogP contribution in [0.3, 0.4) is 0 Å². The number of nitrogens with zero attached hydrogens (tertiary/aromatic N) is 2. The number of carbonyl (C=O) groups excluding carboxylic acids is 1. The van der Waals surface area contributed by atoms with E-state index in [1.54, 1.807) is 24.1 Å². The van der Waals surface area contributed by atoms with E-state index in [2.05, 4.69) is 15.7 Å². The van der Waals surface area contributed by atoms with Crippen molar-refractivity contribution in [3.05, 3.63) is 42.2 Å². The Kier molecular flexibility index (Phi) is 4.89. The third-order valence-corrected chi connectivity index (χ3v) is 3.01. The Morgan fingerprint density at radius 2 is 2.19 bits per heavy atom. The normalized spacial score (nSPS) is 10.0. The average Bonchev–Trinajstić information content (AvgIpc) is 2.96. The topological polar surface area (TPSA) is 68.2 Å². The molecule has 0 saturated carbocycles. The SMILES string of the molecule is CCn1cc(C(=O)NC(=S)Nc2ccccc2OC)cn1. The van der Waals surface area contributed by atoms with E-state index in [0.29, 0.717) is 23.5 Å². The Labute approximate surface area is 128 Å². The number of hydrogen-bond donors (Lipinski definition) is 2. The highest BCUT2D eigenvalue weighted by Crippen LogP contribution is 2.22. The summed E-state index contributed by atoms with van der Waals surface area (Å²) in [6.45, 7) is 2.65. The molecular formula is C14H16N4O2S. The van der Waals surface area contributed by atoms with Gasteiger partial charge in [0.05, 0.1) is 24.6 Å². The maximum atomic E-state index is 12.0. The first kappa shape index (κ1) is 15.0. The molecule has 0 spiro atoms. The summed E-state index contributed by atoms with van der Waals surface area (Å²) in [5.41, 5.74) is 1.15. The van der Waals surface area contributed by atoms with Crippen molar-refractivity contribution in [1.82, 2.24) is 15.1 Å². The number of anilines is 1. The van der Waals surface area contributed by atoms with Gasteiger partial charge in [-0.1, -0.05) is 12.1 Å². The fourth-order valence-corrected chi connectivity index (χ4v) is 1.93. The number of hydrogen-bond acceptors (Lipinski definition) is 4. The van der Waals surface area contributed by atoms with Gasteiger partial charge in [-0.3, -0.25) is 14.8 Å². The number of aromatic nitrogens is 2. The van der Waals surface area contributed by atoms with Gasteiger partial charge < -0.3 is 10.1 Å². The van der Waals surface area contributed by atoms with Crippen LogP contribution in [0.4, 0.5) is 5.69 Å². The van der Waals surface area contributed by atoms with Crippen molar-refractivity contribution in [2.24, 2.45) is 0 Å². The van der Waals surface area contributed by atoms with Crippen LogP contribution in [-0.4, -0.2) is 27.9 Å². The Hall–Kier alpha value is -2.41. The predicted octanol–water partition coefficient (Wildman–Crippen LogP) is 2.04. The first-order valence-electron chi connectivity index (χ1n) is 6.42. The number of amides is 1. The number of thiocarbonyl (C=S) groups is 1. The molecular weight excluding hydrogens is 288 g/mol. The highest BCUT2D eigenvalue weighted by atomic mass is 32.1. The van der Waals surface area contributed by atoms with Crippen LogP contribution in [0.25, 0.3) is 0 Å². The Morgan fingerprint density at radius 1 is 1.43 bits per heavy atom. The summed E-state index contributed by atoms with van der Waals surface area (Å²) in [4.78, 5) is 12.0. The summed E-state index contributed by atoms with van der Waals surface area (Å²) in [5.74, 6) is 0.343. The monoisotopic (exact) mass is 304 g/mol. The molecule has 0 saturated heterocycles. The van der Waals surface area contributed by atoms with Crippen molar-refractivity contribution in [2.75, 3.05) is 12.4 Å². The van der Waals surface area contributed by atoms with Crippen molar-refractivity contribution >= 4 is 28.9 Å². The van der Waals surface area contributed by atoms with Gasteiger partial charge in [-0.15, -0.1) is 0 Å². The zero-order valence-electron chi connectivity index (χ0n) is 11.8. The molecule has 0 aliphatic carbocycles. The molecule has 6 nitrogen and oxygen atoms in total. The van der Waals surface area contributed by atoms with Crippen LogP contribution in [0.1, 0.15) is 17.3 Å². The molecule has 0 aliphatic rings. The van der Waals surface area contributed by atoms with E-state index in [4.69, 9.17) is 17.0 Å². The summed E-state index contributed by atoms with van der Waals surface area (Å²) in [6.07, 6.45) is 3.17. The fourth-order valence-electron chi connectivity index (χ4n) is 1.73. The van der Waals surface area contributed by atoms with Gasteiger partial charge in [-0.2, -0.15) is 5.10 Å². The molecule has 1 aromatic heterocycles. The third-order valence-electron chi connectivity index (χ3n) is 2.80. The van der Waals surface area contributed by atoms with E-state index in [-0.39, 0.29) is 11.0 Å². The van der Waals surface area contributed by atoms with E-state index >= 15 is 0 Å². The number of nitrogens with one attached hydrogen (secondary N) is 2. The maximum absolute atomic E-state index is 12.0. The van der Waals surface area contributed by atoms with E-state index in [1.165, 1.54) is 6.20 Å². The van der Waals surface area contributed by atoms with Gasteiger partial charge in [0.15, 0.2) is 5.11 Å². The average molecular weight is 304 g/mol. The quantitative estimate of drug-likeness (QED) is 0.846. The Morgan fingerprint density at radius 3 is 2.86 bits per heavy atom. The second kappa shape index (κ2) is 6.85. The minimum Gasteiger partial charge on any atom is -0.495 e. The minimum atomic E-state index is -0.304. The van der Waals surface area contributed by atoms with Gasteiger partial charge in [0, 0.05) is 12.7 Å². The first-order chi connectivity index (χ1) is 10.1. The second-order valence-corrected chi connectivity index (χ2v) is 4.60. The molecule has 110 valence electrons. The molecule has 0 bridgehead atoms. The lowest BCUT2D eigenvalue weighted by molar-refractivity contribution is 0.0977. The predicted molar refractivity (Wildman–Crippen MR) is 84.6 cm³/mol. The molecule has 0 atom stereocenters. The maximum Gasteiger partial charge on any atom is 0.260 e. The molecule has 0 unspecified atom stereocenters. The van der Waals surface area contributed by atoms with Crippen LogP contribution < -0.4 is 15.4 Å². The van der Waals surface area contributed by atoms with Crippen LogP contribution in [-0.2, 0) is 6.54 Å². The van der Waals surface area contributed by atoms with E-state index in [0.717, 1.165) is 0 Å². The van der Waals surface area contributed by atoms with Gasteiger partial charge in [-0.05, 0) is 31.3 Å². The standard InChI is InChI=1S/C14H16N4O2S/c1-3-18-9-10(8-15-18)13(19)17-14(21)16-11-6-4-5-7-12(11)20-2/h4-9H,3H2,1-2H3,(H2,16,17,19,21). The van der Waals surface area contributed by atoms with Crippen LogP contribution in [0, 0.1) is 0 Å². The second-order valence-electron chi connectivity index (χ2n) is 4.19. The van der Waals surface area contributed by atoms with Crippen LogP contribution in [0.15, 0.2) is 36.7 Å². The number of aryl methyl sites for hydroxylation is 1. The van der Waals surface area contributed by atoms with Crippen molar-refractivity contribution in [3.63, 3.8) is 0 Å². The zero-order valence-corrected chi connectivity index (χ0v) is 12.6. The highest BCUT2D eigenvalue weighted by molar-refractivity contribution is 7.80. The van der Waals surface area contributed by atoms with E-state index in [9.17, 15) is 4.79 Å². The lowest BCUT2D eigenvalue weighted by Gasteiger charge is -2.11. The van der Waals surface area contributed by atoms with Crippen molar-refractivity contribution in [3.8, 4) is 5.75 Å². The fraction of sp³-hybridized carbons (Fsp3) is 0.214. The smallest absolute Gasteiger partial charge is 0.260 e. The van der Waals surface area contributed by atoms with Gasteiger partial charge in [-0.25, -0.2) is 0 Å². The largest absolute Gasteiger partial charge is 0.495 e. The number of methoxy groups -OCH3 is 1. The molecule has 2 N–H and O–H groups in total. The molecule has 0 fully saturated rings. The number of para-hydroxylation sites is 2. The molecule has 0 aliphatic heterocycles.